The van der Waals surface area contributed by atoms with Crippen LogP contribution in [0.1, 0.15) is 17.3 Å². The number of ketones is 1. The van der Waals surface area contributed by atoms with E-state index in [1.807, 2.05) is 0 Å². The maximum absolute atomic E-state index is 10.9. The van der Waals surface area contributed by atoms with E-state index in [9.17, 15) is 4.79 Å². The number of Topliss-reactive ketones (excluding diaryl/α,β-unsaturated/α-hetero) is 1. The van der Waals surface area contributed by atoms with Crippen molar-refractivity contribution in [2.24, 2.45) is 0 Å². The van der Waals surface area contributed by atoms with Gasteiger partial charge in [0.05, 0.1) is 0 Å². The third kappa shape index (κ3) is 1.69. The number of carbonyl (C=O) groups excluding carboxylic acids is 1. The molecule has 0 aliphatic carbocycles. The van der Waals surface area contributed by atoms with Crippen LogP contribution in [0.3, 0.4) is 0 Å². The Morgan fingerprint density at radius 2 is 2.25 bits per heavy atom. The Bertz CT molecular complexity index is 300. The predicted octanol–water partition coefficient (Wildman–Crippen LogP) is -1.04. The second-order valence-electron chi connectivity index (χ2n) is 2.39. The third-order valence-electron chi connectivity index (χ3n) is 1.51. The van der Waals surface area contributed by atoms with Crippen LogP contribution in [0, 0.1) is 0 Å². The number of carbonyl (C=O) groups is 1. The zero-order valence-corrected chi connectivity index (χ0v) is 6.56. The largest absolute Gasteiger partial charge is 0.490 e. The van der Waals surface area contributed by atoms with Crippen LogP contribution in [-0.2, 0) is 0 Å². The van der Waals surface area contributed by atoms with Crippen molar-refractivity contribution in [2.75, 3.05) is 0 Å². The molecule has 0 saturated heterocycles. The van der Waals surface area contributed by atoms with Gasteiger partial charge in [0.1, 0.15) is 0 Å². The standard InChI is InChI=1S/C7H8BNO3/c1-5(10)6-2-3-9-4-7(6)8(11)12/h2-4,11-12H,1H3. The maximum atomic E-state index is 10.9. The highest BCUT2D eigenvalue weighted by atomic mass is 16.4. The molecule has 5 heteroatoms. The molecule has 1 rings (SSSR count). The van der Waals surface area contributed by atoms with E-state index in [-0.39, 0.29) is 11.2 Å². The fourth-order valence-corrected chi connectivity index (χ4v) is 0.933. The average molecular weight is 165 g/mol. The van der Waals surface area contributed by atoms with Gasteiger partial charge in [0.2, 0.25) is 0 Å². The van der Waals surface area contributed by atoms with Crippen molar-refractivity contribution in [1.29, 1.82) is 0 Å². The molecule has 0 radical (unpaired) electrons. The average Bonchev–Trinajstić information content (AvgIpc) is 2.04. The summed E-state index contributed by atoms with van der Waals surface area (Å²) in [7, 11) is -1.64. The second-order valence-corrected chi connectivity index (χ2v) is 2.39. The molecule has 0 unspecified atom stereocenters. The van der Waals surface area contributed by atoms with Gasteiger partial charge in [-0.3, -0.25) is 9.78 Å². The van der Waals surface area contributed by atoms with Crippen molar-refractivity contribution < 1.29 is 14.8 Å². The smallest absolute Gasteiger partial charge is 0.423 e. The molecule has 4 nitrogen and oxygen atoms in total. The summed E-state index contributed by atoms with van der Waals surface area (Å²) in [5.74, 6) is -0.208. The first-order valence-corrected chi connectivity index (χ1v) is 3.44. The number of nitrogens with zero attached hydrogens (tertiary/aromatic N) is 1. The molecule has 0 amide bonds. The zero-order chi connectivity index (χ0) is 9.14. The van der Waals surface area contributed by atoms with Crippen LogP contribution in [-0.4, -0.2) is 27.9 Å². The van der Waals surface area contributed by atoms with E-state index in [0.29, 0.717) is 5.56 Å². The highest BCUT2D eigenvalue weighted by molar-refractivity contribution is 6.60. The van der Waals surface area contributed by atoms with E-state index in [0.717, 1.165) is 0 Å². The van der Waals surface area contributed by atoms with E-state index in [1.54, 1.807) is 0 Å². The van der Waals surface area contributed by atoms with Crippen molar-refractivity contribution in [3.8, 4) is 0 Å². The Morgan fingerprint density at radius 1 is 1.58 bits per heavy atom. The SMILES string of the molecule is CC(=O)c1ccncc1B(O)O. The molecule has 0 saturated carbocycles. The summed E-state index contributed by atoms with van der Waals surface area (Å²) >= 11 is 0. The van der Waals surface area contributed by atoms with E-state index in [2.05, 4.69) is 4.98 Å². The lowest BCUT2D eigenvalue weighted by Crippen LogP contribution is -2.34. The Labute approximate surface area is 70.0 Å². The van der Waals surface area contributed by atoms with Gasteiger partial charge in [-0.05, 0) is 13.0 Å². The summed E-state index contributed by atoms with van der Waals surface area (Å²) in [4.78, 5) is 14.6. The minimum Gasteiger partial charge on any atom is -0.423 e. The molecule has 12 heavy (non-hydrogen) atoms. The fourth-order valence-electron chi connectivity index (χ4n) is 0.933. The van der Waals surface area contributed by atoms with Gasteiger partial charge < -0.3 is 10.0 Å². The molecule has 0 fully saturated rings. The van der Waals surface area contributed by atoms with Crippen LogP contribution in [0.4, 0.5) is 0 Å². The Morgan fingerprint density at radius 3 is 2.67 bits per heavy atom. The van der Waals surface area contributed by atoms with Gasteiger partial charge in [0.25, 0.3) is 0 Å². The van der Waals surface area contributed by atoms with Crippen molar-refractivity contribution in [2.45, 2.75) is 6.92 Å². The van der Waals surface area contributed by atoms with Crippen molar-refractivity contribution in [3.63, 3.8) is 0 Å². The summed E-state index contributed by atoms with van der Waals surface area (Å²) in [6.07, 6.45) is 2.70. The molecule has 0 atom stereocenters. The first-order chi connectivity index (χ1) is 5.63. The van der Waals surface area contributed by atoms with Gasteiger partial charge in [0, 0.05) is 23.4 Å². The normalized spacial score (nSPS) is 9.58. The Kier molecular flexibility index (Phi) is 2.57. The van der Waals surface area contributed by atoms with Crippen LogP contribution in [0.5, 0.6) is 0 Å². The minimum absolute atomic E-state index is 0.144. The van der Waals surface area contributed by atoms with Gasteiger partial charge in [-0.15, -0.1) is 0 Å². The van der Waals surface area contributed by atoms with Crippen molar-refractivity contribution in [1.82, 2.24) is 4.98 Å². The lowest BCUT2D eigenvalue weighted by Gasteiger charge is -2.02. The quantitative estimate of drug-likeness (QED) is 0.433. The first-order valence-electron chi connectivity index (χ1n) is 3.44. The number of rotatable bonds is 2. The number of hydrogen-bond donors (Lipinski definition) is 2. The van der Waals surface area contributed by atoms with E-state index in [1.165, 1.54) is 25.4 Å². The highest BCUT2D eigenvalue weighted by Crippen LogP contribution is 1.95. The van der Waals surface area contributed by atoms with E-state index >= 15 is 0 Å². The van der Waals surface area contributed by atoms with Crippen molar-refractivity contribution in [3.05, 3.63) is 24.0 Å². The molecule has 0 aliphatic heterocycles. The molecule has 0 spiro atoms. The van der Waals surface area contributed by atoms with E-state index in [4.69, 9.17) is 10.0 Å². The second kappa shape index (κ2) is 3.47. The Balaban J connectivity index is 3.17. The lowest BCUT2D eigenvalue weighted by molar-refractivity contribution is 0.101. The van der Waals surface area contributed by atoms with Crippen LogP contribution >= 0.6 is 0 Å². The summed E-state index contributed by atoms with van der Waals surface area (Å²) in [6, 6.07) is 1.46. The van der Waals surface area contributed by atoms with Gasteiger partial charge in [-0.1, -0.05) is 0 Å². The summed E-state index contributed by atoms with van der Waals surface area (Å²) < 4.78 is 0. The van der Waals surface area contributed by atoms with Crippen LogP contribution in [0.15, 0.2) is 18.5 Å². The van der Waals surface area contributed by atoms with Crippen molar-refractivity contribution >= 4 is 18.4 Å². The minimum atomic E-state index is -1.64. The molecule has 1 aromatic rings. The number of hydrogen-bond acceptors (Lipinski definition) is 4. The van der Waals surface area contributed by atoms with Crippen LogP contribution < -0.4 is 5.46 Å². The molecule has 0 aliphatic rings. The third-order valence-corrected chi connectivity index (χ3v) is 1.51. The van der Waals surface area contributed by atoms with Gasteiger partial charge in [-0.2, -0.15) is 0 Å². The van der Waals surface area contributed by atoms with Gasteiger partial charge >= 0.3 is 7.12 Å². The lowest BCUT2D eigenvalue weighted by atomic mass is 9.77. The summed E-state index contributed by atoms with van der Waals surface area (Å²) in [5, 5.41) is 17.6. The number of aromatic nitrogens is 1. The molecule has 0 bridgehead atoms. The van der Waals surface area contributed by atoms with E-state index < -0.39 is 7.12 Å². The predicted molar refractivity (Wildman–Crippen MR) is 44.1 cm³/mol. The zero-order valence-electron chi connectivity index (χ0n) is 6.56. The monoisotopic (exact) mass is 165 g/mol. The number of pyridine rings is 1. The maximum Gasteiger partial charge on any atom is 0.490 e. The van der Waals surface area contributed by atoms with Gasteiger partial charge in [0.15, 0.2) is 5.78 Å². The Hall–Kier alpha value is -1.20. The topological polar surface area (TPSA) is 70.4 Å². The summed E-state index contributed by atoms with van der Waals surface area (Å²) in [5.41, 5.74) is 0.435. The van der Waals surface area contributed by atoms with Gasteiger partial charge in [-0.25, -0.2) is 0 Å². The molecule has 62 valence electrons. The molecular formula is C7H8BNO3. The molecule has 1 aromatic heterocycles. The molecular weight excluding hydrogens is 157 g/mol. The molecule has 0 aromatic carbocycles. The van der Waals surface area contributed by atoms with Crippen LogP contribution in [0.2, 0.25) is 0 Å². The summed E-state index contributed by atoms with van der Waals surface area (Å²) in [6.45, 7) is 1.36. The molecule has 1 heterocycles. The first kappa shape index (κ1) is 8.90. The van der Waals surface area contributed by atoms with Crippen LogP contribution in [0.25, 0.3) is 0 Å². The highest BCUT2D eigenvalue weighted by Gasteiger charge is 2.17. The fraction of sp³-hybridized carbons (Fsp3) is 0.143. The molecule has 2 N–H and O–H groups in total.